The van der Waals surface area contributed by atoms with Crippen LogP contribution in [0.4, 0.5) is 0 Å². The zero-order valence-electron chi connectivity index (χ0n) is 33.0. The number of rotatable bonds is 6. The Morgan fingerprint density at radius 3 is 1.44 bits per heavy atom. The van der Waals surface area contributed by atoms with Crippen LogP contribution in [0.3, 0.4) is 0 Å². The highest BCUT2D eigenvalue weighted by Gasteiger charge is 2.38. The lowest BCUT2D eigenvalue weighted by Crippen LogP contribution is -2.14. The quantitative estimate of drug-likeness (QED) is 0.169. The molecule has 11 rings (SSSR count). The molecule has 278 valence electrons. The predicted octanol–water partition coefficient (Wildman–Crippen LogP) is 15.1. The number of benzene rings is 9. The third-order valence-corrected chi connectivity index (χ3v) is 12.3. The van der Waals surface area contributed by atoms with E-state index in [9.17, 15) is 0 Å². The van der Waals surface area contributed by atoms with Crippen molar-refractivity contribution in [1.82, 2.24) is 9.97 Å². The average molecular weight is 753 g/mol. The summed E-state index contributed by atoms with van der Waals surface area (Å²) in [6.45, 7) is 4.73. The summed E-state index contributed by atoms with van der Waals surface area (Å²) < 4.78 is 0. The molecule has 2 heteroatoms. The van der Waals surface area contributed by atoms with E-state index in [0.717, 1.165) is 33.5 Å². The highest BCUT2D eigenvalue weighted by atomic mass is 14.9. The van der Waals surface area contributed by atoms with Gasteiger partial charge in [-0.25, -0.2) is 9.97 Å². The molecule has 9 aromatic carbocycles. The fourth-order valence-corrected chi connectivity index (χ4v) is 9.29. The molecule has 0 N–H and O–H groups in total. The number of hydrogen-bond donors (Lipinski definition) is 0. The van der Waals surface area contributed by atoms with Gasteiger partial charge in [0.1, 0.15) is 0 Å². The van der Waals surface area contributed by atoms with Gasteiger partial charge in [0.05, 0.1) is 11.4 Å². The van der Waals surface area contributed by atoms with Crippen molar-refractivity contribution in [1.29, 1.82) is 0 Å². The topological polar surface area (TPSA) is 25.8 Å². The van der Waals surface area contributed by atoms with E-state index in [1.807, 2.05) is 6.07 Å². The Kier molecular flexibility index (Phi) is 8.20. The summed E-state index contributed by atoms with van der Waals surface area (Å²) >= 11 is 0. The first-order valence-corrected chi connectivity index (χ1v) is 20.4. The third-order valence-electron chi connectivity index (χ3n) is 12.3. The van der Waals surface area contributed by atoms with Crippen LogP contribution in [-0.4, -0.2) is 9.97 Å². The molecule has 10 aromatic rings. The normalized spacial score (nSPS) is 12.7. The largest absolute Gasteiger partial charge is 0.228 e. The maximum atomic E-state index is 5.33. The van der Waals surface area contributed by atoms with Crippen LogP contribution in [0.1, 0.15) is 25.0 Å². The Bertz CT molecular complexity index is 3200. The van der Waals surface area contributed by atoms with Crippen LogP contribution in [0.2, 0.25) is 0 Å². The van der Waals surface area contributed by atoms with Crippen LogP contribution in [0.25, 0.3) is 100.0 Å². The molecule has 0 atom stereocenters. The Labute approximate surface area is 345 Å². The Morgan fingerprint density at radius 2 is 0.797 bits per heavy atom. The molecular weight excluding hydrogens is 713 g/mol. The highest BCUT2D eigenvalue weighted by molar-refractivity contribution is 6.11. The minimum absolute atomic E-state index is 0.117. The summed E-state index contributed by atoms with van der Waals surface area (Å²) in [7, 11) is 0. The van der Waals surface area contributed by atoms with E-state index >= 15 is 0 Å². The summed E-state index contributed by atoms with van der Waals surface area (Å²) in [5.74, 6) is 0.709. The van der Waals surface area contributed by atoms with Crippen LogP contribution in [0.15, 0.2) is 206 Å². The second-order valence-corrected chi connectivity index (χ2v) is 16.1. The molecule has 1 aliphatic rings. The van der Waals surface area contributed by atoms with Crippen LogP contribution in [0.5, 0.6) is 0 Å². The van der Waals surface area contributed by atoms with Gasteiger partial charge in [0, 0.05) is 22.1 Å². The summed E-state index contributed by atoms with van der Waals surface area (Å²) in [4.78, 5) is 10.6. The van der Waals surface area contributed by atoms with Crippen molar-refractivity contribution in [3.05, 3.63) is 217 Å². The molecule has 0 saturated heterocycles. The molecule has 0 radical (unpaired) electrons. The molecule has 0 fully saturated rings. The Balaban J connectivity index is 1.03. The number of nitrogens with zero attached hydrogens (tertiary/aromatic N) is 2. The molecular formula is C57H40N2. The number of fused-ring (bicyclic) bond motifs is 6. The molecule has 1 aliphatic carbocycles. The molecule has 0 bridgehead atoms. The smallest absolute Gasteiger partial charge is 0.161 e. The first kappa shape index (κ1) is 34.8. The standard InChI is InChI=1S/C57H40N2/c1-57(2)50-23-13-22-48(55(50)54-44-19-10-9-16-41(44)32-35-51(54)57)47-33-34-49(46-21-12-11-20-45(46)47)56-58-52(42-17-7-4-8-18-42)36-53(59-56)43-30-28-40(29-31-43)39-26-24-38(25-27-39)37-14-5-3-6-15-37/h3-36H,1-2H3. The van der Waals surface area contributed by atoms with Gasteiger partial charge in [0.15, 0.2) is 5.82 Å². The van der Waals surface area contributed by atoms with Crippen molar-refractivity contribution in [2.45, 2.75) is 19.3 Å². The highest BCUT2D eigenvalue weighted by Crippen LogP contribution is 2.55. The summed E-state index contributed by atoms with van der Waals surface area (Å²) in [6, 6.07) is 74.2. The van der Waals surface area contributed by atoms with Crippen LogP contribution in [-0.2, 0) is 5.41 Å². The third kappa shape index (κ3) is 5.87. The molecule has 59 heavy (non-hydrogen) atoms. The summed E-state index contributed by atoms with van der Waals surface area (Å²) in [6.07, 6.45) is 0. The molecule has 0 spiro atoms. The van der Waals surface area contributed by atoms with E-state index in [0.29, 0.717) is 5.82 Å². The van der Waals surface area contributed by atoms with Gasteiger partial charge in [0.25, 0.3) is 0 Å². The zero-order valence-corrected chi connectivity index (χ0v) is 33.0. The Hall–Kier alpha value is -7.42. The maximum Gasteiger partial charge on any atom is 0.161 e. The van der Waals surface area contributed by atoms with Gasteiger partial charge in [-0.3, -0.25) is 0 Å². The number of aromatic nitrogens is 2. The molecule has 0 unspecified atom stereocenters. The lowest BCUT2D eigenvalue weighted by molar-refractivity contribution is 0.661. The van der Waals surface area contributed by atoms with Crippen molar-refractivity contribution in [2.75, 3.05) is 0 Å². The maximum absolute atomic E-state index is 5.33. The monoisotopic (exact) mass is 752 g/mol. The second kappa shape index (κ2) is 13.9. The van der Waals surface area contributed by atoms with Crippen molar-refractivity contribution < 1.29 is 0 Å². The van der Waals surface area contributed by atoms with E-state index in [4.69, 9.17) is 9.97 Å². The van der Waals surface area contributed by atoms with E-state index in [1.54, 1.807) is 0 Å². The fourth-order valence-electron chi connectivity index (χ4n) is 9.29. The second-order valence-electron chi connectivity index (χ2n) is 16.1. The zero-order chi connectivity index (χ0) is 39.5. The molecule has 2 nitrogen and oxygen atoms in total. The molecule has 0 aliphatic heterocycles. The van der Waals surface area contributed by atoms with Gasteiger partial charge >= 0.3 is 0 Å². The van der Waals surface area contributed by atoms with Crippen molar-refractivity contribution in [3.8, 4) is 78.4 Å². The summed E-state index contributed by atoms with van der Waals surface area (Å²) in [5.41, 5.74) is 17.5. The van der Waals surface area contributed by atoms with E-state index in [2.05, 4.69) is 214 Å². The lowest BCUT2D eigenvalue weighted by Gasteiger charge is -2.22. The van der Waals surface area contributed by atoms with Gasteiger partial charge in [-0.05, 0) is 89.3 Å². The van der Waals surface area contributed by atoms with Crippen LogP contribution >= 0.6 is 0 Å². The molecule has 1 aromatic heterocycles. The SMILES string of the molecule is CC1(C)c2cccc(-c3ccc(-c4nc(-c5ccccc5)cc(-c5ccc(-c6ccc(-c7ccccc7)cc6)cc5)n4)c4ccccc34)c2-c2c1ccc1ccccc21. The van der Waals surface area contributed by atoms with Crippen molar-refractivity contribution >= 4 is 21.5 Å². The van der Waals surface area contributed by atoms with Crippen molar-refractivity contribution in [3.63, 3.8) is 0 Å². The van der Waals surface area contributed by atoms with E-state index in [-0.39, 0.29) is 5.41 Å². The molecule has 1 heterocycles. The molecule has 0 saturated carbocycles. The van der Waals surface area contributed by atoms with Gasteiger partial charge in [-0.2, -0.15) is 0 Å². The van der Waals surface area contributed by atoms with E-state index < -0.39 is 0 Å². The van der Waals surface area contributed by atoms with Crippen LogP contribution in [0, 0.1) is 0 Å². The lowest BCUT2D eigenvalue weighted by atomic mass is 9.81. The van der Waals surface area contributed by atoms with E-state index in [1.165, 1.54) is 71.8 Å². The summed E-state index contributed by atoms with van der Waals surface area (Å²) in [5, 5.41) is 4.88. The van der Waals surface area contributed by atoms with Gasteiger partial charge in [0.2, 0.25) is 0 Å². The first-order valence-electron chi connectivity index (χ1n) is 20.4. The Morgan fingerprint density at radius 1 is 0.322 bits per heavy atom. The number of hydrogen-bond acceptors (Lipinski definition) is 2. The van der Waals surface area contributed by atoms with Crippen molar-refractivity contribution in [2.24, 2.45) is 0 Å². The first-order chi connectivity index (χ1) is 29.0. The molecule has 0 amide bonds. The fraction of sp³-hybridized carbons (Fsp3) is 0.0526. The van der Waals surface area contributed by atoms with Crippen LogP contribution < -0.4 is 0 Å². The minimum Gasteiger partial charge on any atom is -0.228 e. The van der Waals surface area contributed by atoms with Gasteiger partial charge in [-0.15, -0.1) is 0 Å². The van der Waals surface area contributed by atoms with Gasteiger partial charge in [-0.1, -0.05) is 208 Å². The predicted molar refractivity (Wildman–Crippen MR) is 247 cm³/mol. The van der Waals surface area contributed by atoms with Gasteiger partial charge < -0.3 is 0 Å². The average Bonchev–Trinajstić information content (AvgIpc) is 3.55. The minimum atomic E-state index is -0.117.